The summed E-state index contributed by atoms with van der Waals surface area (Å²) in [5.74, 6) is 0.215. The molecule has 1 rings (SSSR count). The number of nitrogen functional groups attached to an aromatic ring is 1. The Morgan fingerprint density at radius 2 is 2.15 bits per heavy atom. The fourth-order valence-corrected chi connectivity index (χ4v) is 2.57. The van der Waals surface area contributed by atoms with Crippen LogP contribution in [0.3, 0.4) is 0 Å². The van der Waals surface area contributed by atoms with Crippen molar-refractivity contribution in [2.24, 2.45) is 5.73 Å². The molecule has 112 valence electrons. The van der Waals surface area contributed by atoms with E-state index < -0.39 is 16.8 Å². The third-order valence-electron chi connectivity index (χ3n) is 3.17. The molecule has 1 aromatic carbocycles. The summed E-state index contributed by atoms with van der Waals surface area (Å²) in [6.07, 6.45) is 2.84. The molecule has 0 radical (unpaired) electrons. The smallest absolute Gasteiger partial charge is 0.237 e. The Morgan fingerprint density at radius 3 is 2.75 bits per heavy atom. The average molecular weight is 297 g/mol. The number of hydrogen-bond donors (Lipinski definition) is 3. The lowest BCUT2D eigenvalue weighted by Gasteiger charge is -2.14. The molecule has 0 heterocycles. The molecule has 0 saturated heterocycles. The van der Waals surface area contributed by atoms with Crippen LogP contribution in [0.5, 0.6) is 0 Å². The standard InChI is InChI=1S/C14H23N3O2S/c1-3-11-10(5-4-6-12(11)15)9-17-14(18)13(16)7-8-20(2)19/h4-6,13H,3,7-9,15-16H2,1-2H3,(H,17,18). The van der Waals surface area contributed by atoms with Gasteiger partial charge in [-0.15, -0.1) is 0 Å². The maximum atomic E-state index is 11.8. The summed E-state index contributed by atoms with van der Waals surface area (Å²) in [4.78, 5) is 11.8. The van der Waals surface area contributed by atoms with E-state index in [1.165, 1.54) is 0 Å². The van der Waals surface area contributed by atoms with Gasteiger partial charge >= 0.3 is 0 Å². The zero-order chi connectivity index (χ0) is 15.1. The van der Waals surface area contributed by atoms with Gasteiger partial charge in [-0.05, 0) is 30.0 Å². The van der Waals surface area contributed by atoms with Crippen LogP contribution in [0.25, 0.3) is 0 Å². The minimum absolute atomic E-state index is 0.222. The highest BCUT2D eigenvalue weighted by molar-refractivity contribution is 7.84. The predicted molar refractivity (Wildman–Crippen MR) is 83.6 cm³/mol. The van der Waals surface area contributed by atoms with E-state index in [-0.39, 0.29) is 5.91 Å². The molecule has 20 heavy (non-hydrogen) atoms. The van der Waals surface area contributed by atoms with Crippen LogP contribution in [0.15, 0.2) is 18.2 Å². The first-order valence-corrected chi connectivity index (χ1v) is 8.38. The lowest BCUT2D eigenvalue weighted by atomic mass is 10.0. The van der Waals surface area contributed by atoms with E-state index in [9.17, 15) is 9.00 Å². The molecule has 0 bridgehead atoms. The maximum Gasteiger partial charge on any atom is 0.237 e. The van der Waals surface area contributed by atoms with Gasteiger partial charge < -0.3 is 16.8 Å². The topological polar surface area (TPSA) is 98.2 Å². The first-order valence-electron chi connectivity index (χ1n) is 6.65. The van der Waals surface area contributed by atoms with Crippen LogP contribution in [-0.4, -0.2) is 28.2 Å². The molecule has 1 aromatic rings. The van der Waals surface area contributed by atoms with Crippen molar-refractivity contribution in [2.75, 3.05) is 17.7 Å². The van der Waals surface area contributed by atoms with Gasteiger partial charge in [-0.3, -0.25) is 9.00 Å². The molecule has 1 amide bonds. The lowest BCUT2D eigenvalue weighted by Crippen LogP contribution is -2.41. The molecule has 0 aliphatic carbocycles. The van der Waals surface area contributed by atoms with Crippen LogP contribution in [-0.2, 0) is 28.6 Å². The number of nitrogens with two attached hydrogens (primary N) is 2. The monoisotopic (exact) mass is 297 g/mol. The largest absolute Gasteiger partial charge is 0.398 e. The number of carbonyl (C=O) groups is 1. The molecule has 0 aromatic heterocycles. The van der Waals surface area contributed by atoms with E-state index in [1.807, 2.05) is 25.1 Å². The number of amides is 1. The number of hydrogen-bond acceptors (Lipinski definition) is 4. The molecule has 0 fully saturated rings. The van der Waals surface area contributed by atoms with Crippen molar-refractivity contribution < 1.29 is 9.00 Å². The zero-order valence-electron chi connectivity index (χ0n) is 12.0. The first-order chi connectivity index (χ1) is 9.45. The summed E-state index contributed by atoms with van der Waals surface area (Å²) in [7, 11) is -0.927. The van der Waals surface area contributed by atoms with Gasteiger partial charge in [0.15, 0.2) is 0 Å². The Labute approximate surface area is 122 Å². The van der Waals surface area contributed by atoms with Gasteiger partial charge in [0.05, 0.1) is 6.04 Å². The third kappa shape index (κ3) is 4.94. The van der Waals surface area contributed by atoms with E-state index in [0.717, 1.165) is 23.2 Å². The molecule has 0 aliphatic heterocycles. The molecule has 5 N–H and O–H groups in total. The fraction of sp³-hybridized carbons (Fsp3) is 0.500. The van der Waals surface area contributed by atoms with Gasteiger partial charge in [0.1, 0.15) is 0 Å². The van der Waals surface area contributed by atoms with Crippen molar-refractivity contribution in [3.63, 3.8) is 0 Å². The van der Waals surface area contributed by atoms with Crippen molar-refractivity contribution in [3.8, 4) is 0 Å². The van der Waals surface area contributed by atoms with Crippen LogP contribution in [0.2, 0.25) is 0 Å². The molecule has 2 unspecified atom stereocenters. The van der Waals surface area contributed by atoms with E-state index in [0.29, 0.717) is 18.7 Å². The predicted octanol–water partition coefficient (Wildman–Crippen LogP) is 0.543. The van der Waals surface area contributed by atoms with Crippen LogP contribution in [0.4, 0.5) is 5.69 Å². The average Bonchev–Trinajstić information content (AvgIpc) is 2.42. The number of anilines is 1. The highest BCUT2D eigenvalue weighted by Crippen LogP contribution is 2.17. The van der Waals surface area contributed by atoms with Gasteiger partial charge in [0.2, 0.25) is 5.91 Å². The first kappa shape index (κ1) is 16.7. The van der Waals surface area contributed by atoms with Crippen LogP contribution in [0, 0.1) is 0 Å². The summed E-state index contributed by atoms with van der Waals surface area (Å²) in [6.45, 7) is 2.44. The highest BCUT2D eigenvalue weighted by Gasteiger charge is 2.14. The Bertz CT molecular complexity index is 491. The summed E-state index contributed by atoms with van der Waals surface area (Å²) < 4.78 is 11.0. The number of benzene rings is 1. The summed E-state index contributed by atoms with van der Waals surface area (Å²) in [5.41, 5.74) is 14.5. The third-order valence-corrected chi connectivity index (χ3v) is 3.98. The van der Waals surface area contributed by atoms with Crippen LogP contribution >= 0.6 is 0 Å². The van der Waals surface area contributed by atoms with Crippen molar-refractivity contribution in [1.29, 1.82) is 0 Å². The van der Waals surface area contributed by atoms with E-state index >= 15 is 0 Å². The van der Waals surface area contributed by atoms with Gasteiger partial charge in [0.25, 0.3) is 0 Å². The van der Waals surface area contributed by atoms with Crippen molar-refractivity contribution in [1.82, 2.24) is 5.32 Å². The van der Waals surface area contributed by atoms with Crippen molar-refractivity contribution in [2.45, 2.75) is 32.4 Å². The van der Waals surface area contributed by atoms with Gasteiger partial charge in [-0.1, -0.05) is 19.1 Å². The highest BCUT2D eigenvalue weighted by atomic mass is 32.2. The zero-order valence-corrected chi connectivity index (χ0v) is 12.8. The molecular weight excluding hydrogens is 274 g/mol. The number of carbonyl (C=O) groups excluding carboxylic acids is 1. The second kappa shape index (κ2) is 8.01. The Hall–Kier alpha value is -1.40. The number of rotatable bonds is 7. The SMILES string of the molecule is CCc1c(N)cccc1CNC(=O)C(N)CCS(C)=O. The second-order valence-corrected chi connectivity index (χ2v) is 6.28. The molecule has 0 spiro atoms. The van der Waals surface area contributed by atoms with E-state index in [1.54, 1.807) is 6.26 Å². The van der Waals surface area contributed by atoms with Crippen LogP contribution in [0.1, 0.15) is 24.5 Å². The number of nitrogens with one attached hydrogen (secondary N) is 1. The second-order valence-electron chi connectivity index (χ2n) is 4.73. The Kier molecular flexibility index (Phi) is 6.67. The van der Waals surface area contributed by atoms with Crippen molar-refractivity contribution >= 4 is 22.4 Å². The molecule has 0 aliphatic rings. The van der Waals surface area contributed by atoms with Gasteiger partial charge in [0, 0.05) is 35.0 Å². The molecule has 6 heteroatoms. The minimum atomic E-state index is -0.927. The molecule has 2 atom stereocenters. The summed E-state index contributed by atoms with van der Waals surface area (Å²) in [5, 5.41) is 2.81. The maximum absolute atomic E-state index is 11.8. The summed E-state index contributed by atoms with van der Waals surface area (Å²) >= 11 is 0. The summed E-state index contributed by atoms with van der Waals surface area (Å²) in [6, 6.07) is 5.05. The molecule has 5 nitrogen and oxygen atoms in total. The van der Waals surface area contributed by atoms with Crippen molar-refractivity contribution in [3.05, 3.63) is 29.3 Å². The molecular formula is C14H23N3O2S. The van der Waals surface area contributed by atoms with E-state index in [4.69, 9.17) is 11.5 Å². The van der Waals surface area contributed by atoms with Gasteiger partial charge in [-0.2, -0.15) is 0 Å². The quantitative estimate of drug-likeness (QED) is 0.640. The molecule has 0 saturated carbocycles. The fourth-order valence-electron chi connectivity index (χ4n) is 1.99. The normalized spacial score (nSPS) is 13.8. The minimum Gasteiger partial charge on any atom is -0.398 e. The Balaban J connectivity index is 2.56. The van der Waals surface area contributed by atoms with Crippen LogP contribution < -0.4 is 16.8 Å². The van der Waals surface area contributed by atoms with Gasteiger partial charge in [-0.25, -0.2) is 0 Å². The van der Waals surface area contributed by atoms with E-state index in [2.05, 4.69) is 5.32 Å². The Morgan fingerprint density at radius 1 is 1.45 bits per heavy atom. The lowest BCUT2D eigenvalue weighted by molar-refractivity contribution is -0.122.